The average molecular weight is 937 g/mol. The highest BCUT2D eigenvalue weighted by atomic mass is 16.3. The second-order valence-corrected chi connectivity index (χ2v) is 27.3. The maximum absolute atomic E-state index is 9.11. The molecule has 67 heavy (non-hydrogen) atoms. The number of fused-ring (bicyclic) bond motifs is 5. The van der Waals surface area contributed by atoms with E-state index in [1.165, 1.54) is 93.8 Å². The van der Waals surface area contributed by atoms with Crippen LogP contribution in [0.1, 0.15) is 239 Å². The maximum Gasteiger partial charge on any atom is 0.102 e. The summed E-state index contributed by atoms with van der Waals surface area (Å²) in [5.41, 5.74) is 14.0. The van der Waals surface area contributed by atoms with Gasteiger partial charge < -0.3 is 15.7 Å². The van der Waals surface area contributed by atoms with Crippen LogP contribution in [0.5, 0.6) is 0 Å². The van der Waals surface area contributed by atoms with Crippen LogP contribution in [0.2, 0.25) is 0 Å². The van der Waals surface area contributed by atoms with Crippen LogP contribution < -0.4 is 11.1 Å². The van der Waals surface area contributed by atoms with E-state index in [1.807, 2.05) is 39.9 Å². The fourth-order valence-corrected chi connectivity index (χ4v) is 13.0. The number of nitrogens with zero attached hydrogens (tertiary/aromatic N) is 1. The Balaban J connectivity index is 0.00000119. The summed E-state index contributed by atoms with van der Waals surface area (Å²) in [6.45, 7) is 57.8. The molecule has 0 saturated heterocycles. The van der Waals surface area contributed by atoms with Crippen LogP contribution >= 0.6 is 0 Å². The molecule has 0 bridgehead atoms. The summed E-state index contributed by atoms with van der Waals surface area (Å²) < 4.78 is 0. The largest absolute Gasteiger partial charge is 0.379 e. The number of nitrogens with one attached hydrogen (secondary N) is 1. The maximum atomic E-state index is 9.11. The van der Waals surface area contributed by atoms with Crippen LogP contribution in [-0.2, 0) is 0 Å². The van der Waals surface area contributed by atoms with Gasteiger partial charge in [-0.2, -0.15) is 0 Å². The topological polar surface area (TPSA) is 61.5 Å². The molecular formula is C63H121N3O. The normalized spacial score (nSPS) is 26.5. The average Bonchev–Trinajstić information content (AvgIpc) is 3.49. The molecule has 9 atom stereocenters. The Labute approximate surface area is 421 Å². The zero-order chi connectivity index (χ0) is 52.1. The van der Waals surface area contributed by atoms with E-state index in [-0.39, 0.29) is 11.5 Å². The predicted molar refractivity (Wildman–Crippen MR) is 304 cm³/mol. The molecule has 4 N–H and O–H groups in total. The highest BCUT2D eigenvalue weighted by Crippen LogP contribution is 2.68. The molecule has 0 amide bonds. The Morgan fingerprint density at radius 1 is 0.731 bits per heavy atom. The van der Waals surface area contributed by atoms with Gasteiger partial charge in [-0.1, -0.05) is 156 Å². The van der Waals surface area contributed by atoms with E-state index in [0.717, 1.165) is 79.3 Å². The third kappa shape index (κ3) is 26.0. The molecule has 4 rings (SSSR count). The van der Waals surface area contributed by atoms with Gasteiger partial charge in [0.1, 0.15) is 6.23 Å². The summed E-state index contributed by atoms with van der Waals surface area (Å²) in [5, 5.41) is 12.1. The van der Waals surface area contributed by atoms with Crippen molar-refractivity contribution < 1.29 is 5.11 Å². The SMILES string of the molecule is C=C(C)CC(C)N.C=C(C)CCC(C)(C)CC(=C)CNC(C)O.C=C(CC(C)(C)C)C(CCCC1CCC2C3CCC4CCCCC4(C)C3CCC12C)C(=C)CC(C)(C)C.CCC.CN(C)C. The molecule has 0 aliphatic heterocycles. The lowest BCUT2D eigenvalue weighted by Gasteiger charge is -2.60. The number of nitrogens with two attached hydrogens (primary N) is 1. The molecule has 0 aromatic rings. The molecular weight excluding hydrogens is 815 g/mol. The van der Waals surface area contributed by atoms with Crippen LogP contribution in [0.3, 0.4) is 0 Å². The van der Waals surface area contributed by atoms with E-state index in [9.17, 15) is 0 Å². The molecule has 4 nitrogen and oxygen atoms in total. The van der Waals surface area contributed by atoms with Gasteiger partial charge in [-0.15, -0.1) is 13.2 Å². The van der Waals surface area contributed by atoms with E-state index in [0.29, 0.717) is 34.1 Å². The van der Waals surface area contributed by atoms with Gasteiger partial charge in [0.15, 0.2) is 0 Å². The summed E-state index contributed by atoms with van der Waals surface area (Å²) in [4.78, 5) is 2.00. The molecule has 0 heterocycles. The summed E-state index contributed by atoms with van der Waals surface area (Å²) in [6.07, 6.45) is 26.5. The monoisotopic (exact) mass is 936 g/mol. The standard InChI is InChI=1S/C37H64.C14H27NO.C6H13N.C3H9N.C3H8/c1-26(24-34(3,4)5)30(27(2)25-35(6,7)8)16-13-15-29-18-20-32-31-19-17-28-14-11-12-22-36(28,9)33(31)21-23-37(29,32)10;1-11(2)7-8-14(5,6)9-12(3)10-15-13(4)16;1-5(2)4-6(3)7;1-4(2)3;1-3-2/h28-33H,1-2,11-25H2,3-10H3;13,15-16H,1,3,7-10H2,2,4-6H3;6H,1,4,7H2,2-3H3;1-3H3;3H2,1-2H3. The number of rotatable bonds is 18. The Morgan fingerprint density at radius 2 is 1.25 bits per heavy atom. The van der Waals surface area contributed by atoms with Crippen molar-refractivity contribution in [3.05, 3.63) is 60.8 Å². The molecule has 0 spiro atoms. The molecule has 0 radical (unpaired) electrons. The lowest BCUT2D eigenvalue weighted by Crippen LogP contribution is -2.52. The predicted octanol–water partition coefficient (Wildman–Crippen LogP) is 17.9. The van der Waals surface area contributed by atoms with E-state index in [2.05, 4.69) is 128 Å². The number of hydrogen-bond acceptors (Lipinski definition) is 4. The smallest absolute Gasteiger partial charge is 0.102 e. The fraction of sp³-hybridized carbons (Fsp3) is 0.841. The number of hydrogen-bond donors (Lipinski definition) is 3. The Morgan fingerprint density at radius 3 is 1.70 bits per heavy atom. The van der Waals surface area contributed by atoms with Crippen molar-refractivity contribution in [2.45, 2.75) is 251 Å². The van der Waals surface area contributed by atoms with E-state index >= 15 is 0 Å². The molecule has 394 valence electrons. The van der Waals surface area contributed by atoms with E-state index < -0.39 is 6.23 Å². The Kier molecular flexibility index (Phi) is 29.8. The fourth-order valence-electron chi connectivity index (χ4n) is 13.0. The second-order valence-electron chi connectivity index (χ2n) is 27.3. The number of allylic oxidation sites excluding steroid dienone is 3. The highest BCUT2D eigenvalue weighted by molar-refractivity contribution is 5.19. The first-order valence-electron chi connectivity index (χ1n) is 27.7. The lowest BCUT2D eigenvalue weighted by molar-refractivity contribution is -0.111. The van der Waals surface area contributed by atoms with Gasteiger partial charge >= 0.3 is 0 Å². The minimum Gasteiger partial charge on any atom is -0.379 e. The zero-order valence-corrected chi connectivity index (χ0v) is 49.0. The van der Waals surface area contributed by atoms with Gasteiger partial charge in [0.2, 0.25) is 0 Å². The van der Waals surface area contributed by atoms with Gasteiger partial charge in [0.25, 0.3) is 0 Å². The van der Waals surface area contributed by atoms with Crippen molar-refractivity contribution in [3.63, 3.8) is 0 Å². The van der Waals surface area contributed by atoms with E-state index in [4.69, 9.17) is 10.8 Å². The van der Waals surface area contributed by atoms with E-state index in [1.54, 1.807) is 19.8 Å². The van der Waals surface area contributed by atoms with Gasteiger partial charge in [0, 0.05) is 18.5 Å². The molecule has 4 saturated carbocycles. The van der Waals surface area contributed by atoms with Crippen LogP contribution in [-0.4, -0.2) is 50.0 Å². The number of aliphatic hydroxyl groups excluding tert-OH is 1. The summed E-state index contributed by atoms with van der Waals surface area (Å²) in [5.74, 6) is 5.58. The van der Waals surface area contributed by atoms with Crippen LogP contribution in [0, 0.1) is 62.6 Å². The zero-order valence-electron chi connectivity index (χ0n) is 49.0. The van der Waals surface area contributed by atoms with Crippen LogP contribution in [0.15, 0.2) is 60.8 Å². The third-order valence-electron chi connectivity index (χ3n) is 15.6. The third-order valence-corrected chi connectivity index (χ3v) is 15.6. The molecule has 0 aromatic carbocycles. The summed E-state index contributed by atoms with van der Waals surface area (Å²) in [7, 11) is 6.00. The molecule has 4 fully saturated rings. The van der Waals surface area contributed by atoms with Gasteiger partial charge in [-0.25, -0.2) is 0 Å². The Bertz CT molecular complexity index is 1420. The van der Waals surface area contributed by atoms with Crippen LogP contribution in [0.4, 0.5) is 0 Å². The first kappa shape index (κ1) is 65.5. The molecule has 9 unspecified atom stereocenters. The Hall–Kier alpha value is -1.46. The minimum absolute atomic E-state index is 0.260. The first-order chi connectivity index (χ1) is 30.6. The first-order valence-corrected chi connectivity index (χ1v) is 27.7. The summed E-state index contributed by atoms with van der Waals surface area (Å²) >= 11 is 0. The molecule has 4 aliphatic carbocycles. The van der Waals surface area contributed by atoms with Crippen LogP contribution in [0.25, 0.3) is 0 Å². The highest BCUT2D eigenvalue weighted by Gasteiger charge is 2.59. The van der Waals surface area contributed by atoms with Crippen molar-refractivity contribution in [2.24, 2.45) is 68.3 Å². The minimum atomic E-state index is -0.463. The van der Waals surface area contributed by atoms with Crippen molar-refractivity contribution in [1.82, 2.24) is 10.2 Å². The van der Waals surface area contributed by atoms with Gasteiger partial charge in [0.05, 0.1) is 0 Å². The molecule has 4 aliphatic rings. The quantitative estimate of drug-likeness (QED) is 0.0947. The van der Waals surface area contributed by atoms with Crippen molar-refractivity contribution in [1.29, 1.82) is 0 Å². The molecule has 0 aromatic heterocycles. The second kappa shape index (κ2) is 30.4. The molecule has 4 heteroatoms. The van der Waals surface area contributed by atoms with Crippen molar-refractivity contribution in [2.75, 3.05) is 27.7 Å². The number of aliphatic hydroxyl groups is 1. The van der Waals surface area contributed by atoms with Crippen molar-refractivity contribution in [3.8, 4) is 0 Å². The lowest BCUT2D eigenvalue weighted by atomic mass is 9.45. The van der Waals surface area contributed by atoms with Gasteiger partial charge in [-0.05, 0) is 208 Å². The van der Waals surface area contributed by atoms with Gasteiger partial charge in [-0.3, -0.25) is 5.32 Å². The van der Waals surface area contributed by atoms with Crippen molar-refractivity contribution >= 4 is 0 Å². The summed E-state index contributed by atoms with van der Waals surface area (Å²) in [6, 6.07) is 0.275.